The topological polar surface area (TPSA) is 109 Å². The van der Waals surface area contributed by atoms with Crippen LogP contribution in [0.25, 0.3) is 0 Å². The van der Waals surface area contributed by atoms with Gasteiger partial charge in [-0.15, -0.1) is 0 Å². The Kier molecular flexibility index (Phi) is 6.41. The van der Waals surface area contributed by atoms with Crippen molar-refractivity contribution >= 4 is 35.1 Å². The second-order valence-electron chi connectivity index (χ2n) is 5.69. The summed E-state index contributed by atoms with van der Waals surface area (Å²) in [7, 11) is 0. The molecule has 138 valence electrons. The number of carboxylic acids is 1. The third-order valence-corrected chi connectivity index (χ3v) is 3.99. The van der Waals surface area contributed by atoms with Crippen LogP contribution in [-0.2, 0) is 4.79 Å². The van der Waals surface area contributed by atoms with Crippen LogP contribution in [0.15, 0.2) is 34.9 Å². The lowest BCUT2D eigenvalue weighted by atomic mass is 10.1. The molecule has 1 atom stereocenters. The summed E-state index contributed by atoms with van der Waals surface area (Å²) in [5, 5.41) is 14.6. The van der Waals surface area contributed by atoms with Gasteiger partial charge < -0.3 is 20.2 Å². The molecular formula is C18H19ClN2O5. The van der Waals surface area contributed by atoms with Crippen LogP contribution in [0.2, 0.25) is 5.02 Å². The van der Waals surface area contributed by atoms with E-state index in [9.17, 15) is 19.5 Å². The zero-order valence-corrected chi connectivity index (χ0v) is 15.1. The molecule has 1 aromatic heterocycles. The van der Waals surface area contributed by atoms with Gasteiger partial charge in [-0.2, -0.15) is 0 Å². The van der Waals surface area contributed by atoms with Crippen LogP contribution in [-0.4, -0.2) is 28.9 Å². The smallest absolute Gasteiger partial charge is 0.326 e. The van der Waals surface area contributed by atoms with Gasteiger partial charge in [0.1, 0.15) is 11.8 Å². The average Bonchev–Trinajstić information content (AvgIpc) is 3.00. The van der Waals surface area contributed by atoms with E-state index >= 15 is 0 Å². The Labute approximate surface area is 155 Å². The summed E-state index contributed by atoms with van der Waals surface area (Å²) in [6, 6.07) is 4.85. The van der Waals surface area contributed by atoms with Crippen molar-refractivity contribution in [3.05, 3.63) is 52.4 Å². The fourth-order valence-corrected chi connectivity index (χ4v) is 2.58. The fourth-order valence-electron chi connectivity index (χ4n) is 2.41. The Balaban J connectivity index is 2.26. The van der Waals surface area contributed by atoms with E-state index in [0.29, 0.717) is 29.2 Å². The van der Waals surface area contributed by atoms with Gasteiger partial charge in [0.05, 0.1) is 23.1 Å². The molecule has 1 unspecified atom stereocenters. The van der Waals surface area contributed by atoms with Crippen LogP contribution in [0, 0.1) is 6.92 Å². The number of carbonyl (C=O) groups excluding carboxylic acids is 2. The first-order chi connectivity index (χ1) is 12.3. The molecule has 8 heteroatoms. The minimum Gasteiger partial charge on any atom is -0.480 e. The second kappa shape index (κ2) is 8.53. The lowest BCUT2D eigenvalue weighted by molar-refractivity contribution is -0.139. The molecule has 7 nitrogen and oxygen atoms in total. The lowest BCUT2D eigenvalue weighted by Crippen LogP contribution is -2.41. The maximum atomic E-state index is 12.5. The lowest BCUT2D eigenvalue weighted by Gasteiger charge is -2.16. The van der Waals surface area contributed by atoms with E-state index in [0.717, 1.165) is 0 Å². The molecular weight excluding hydrogens is 360 g/mol. The number of anilines is 1. The quantitative estimate of drug-likeness (QED) is 0.683. The number of hydrogen-bond donors (Lipinski definition) is 3. The molecule has 2 aromatic rings. The Hall–Kier alpha value is -2.80. The van der Waals surface area contributed by atoms with E-state index in [4.69, 9.17) is 16.0 Å². The Morgan fingerprint density at radius 2 is 1.92 bits per heavy atom. The number of carboxylic acid groups (broad SMARTS) is 1. The predicted octanol–water partition coefficient (Wildman–Crippen LogP) is 3.48. The summed E-state index contributed by atoms with van der Waals surface area (Å²) in [6.45, 7) is 3.46. The SMILES string of the molecule is CCCC(NC(=O)c1ccc(Cl)cc1NC(=O)c1ccoc1C)C(=O)O. The largest absolute Gasteiger partial charge is 0.480 e. The zero-order valence-electron chi connectivity index (χ0n) is 14.3. The van der Waals surface area contributed by atoms with E-state index in [-0.39, 0.29) is 11.3 Å². The van der Waals surface area contributed by atoms with E-state index in [1.54, 1.807) is 6.92 Å². The molecule has 0 saturated carbocycles. The van der Waals surface area contributed by atoms with Crippen molar-refractivity contribution in [1.82, 2.24) is 5.32 Å². The number of hydrogen-bond acceptors (Lipinski definition) is 4. The van der Waals surface area contributed by atoms with Gasteiger partial charge in [-0.05, 0) is 37.6 Å². The first kappa shape index (κ1) is 19.5. The molecule has 2 rings (SSSR count). The molecule has 0 aliphatic rings. The van der Waals surface area contributed by atoms with E-state index < -0.39 is 23.8 Å². The number of benzene rings is 1. The predicted molar refractivity (Wildman–Crippen MR) is 96.6 cm³/mol. The van der Waals surface area contributed by atoms with E-state index in [2.05, 4.69) is 10.6 Å². The molecule has 1 aromatic carbocycles. The normalized spacial score (nSPS) is 11.7. The molecule has 0 radical (unpaired) electrons. The molecule has 0 aliphatic heterocycles. The van der Waals surface area contributed by atoms with Gasteiger partial charge >= 0.3 is 5.97 Å². The molecule has 1 heterocycles. The molecule has 26 heavy (non-hydrogen) atoms. The van der Waals surface area contributed by atoms with Crippen molar-refractivity contribution in [2.24, 2.45) is 0 Å². The summed E-state index contributed by atoms with van der Waals surface area (Å²) in [6.07, 6.45) is 2.28. The highest BCUT2D eigenvalue weighted by molar-refractivity contribution is 6.31. The summed E-state index contributed by atoms with van der Waals surface area (Å²) >= 11 is 5.97. The van der Waals surface area contributed by atoms with Crippen LogP contribution in [0.4, 0.5) is 5.69 Å². The number of amides is 2. The zero-order chi connectivity index (χ0) is 19.3. The highest BCUT2D eigenvalue weighted by Crippen LogP contribution is 2.23. The molecule has 0 saturated heterocycles. The van der Waals surface area contributed by atoms with Crippen molar-refractivity contribution in [1.29, 1.82) is 0 Å². The summed E-state index contributed by atoms with van der Waals surface area (Å²) in [4.78, 5) is 36.1. The summed E-state index contributed by atoms with van der Waals surface area (Å²) < 4.78 is 5.10. The molecule has 0 bridgehead atoms. The molecule has 0 aliphatic carbocycles. The van der Waals surface area contributed by atoms with Gasteiger partial charge in [0.2, 0.25) is 0 Å². The van der Waals surface area contributed by atoms with Crippen LogP contribution >= 0.6 is 11.6 Å². The summed E-state index contributed by atoms with van der Waals surface area (Å²) in [5.41, 5.74) is 0.623. The van der Waals surface area contributed by atoms with E-state index in [1.807, 2.05) is 6.92 Å². The summed E-state index contributed by atoms with van der Waals surface area (Å²) in [5.74, 6) is -1.75. The number of rotatable bonds is 7. The van der Waals surface area contributed by atoms with Crippen LogP contribution in [0.3, 0.4) is 0 Å². The first-order valence-corrected chi connectivity index (χ1v) is 8.40. The Morgan fingerprint density at radius 3 is 2.50 bits per heavy atom. The van der Waals surface area contributed by atoms with Crippen LogP contribution in [0.5, 0.6) is 0 Å². The fraction of sp³-hybridized carbons (Fsp3) is 0.278. The maximum Gasteiger partial charge on any atom is 0.326 e. The number of nitrogens with one attached hydrogen (secondary N) is 2. The van der Waals surface area contributed by atoms with Crippen molar-refractivity contribution in [2.45, 2.75) is 32.7 Å². The molecule has 3 N–H and O–H groups in total. The minimum atomic E-state index is -1.12. The van der Waals surface area contributed by atoms with Crippen molar-refractivity contribution in [2.75, 3.05) is 5.32 Å². The van der Waals surface area contributed by atoms with Crippen molar-refractivity contribution < 1.29 is 23.9 Å². The van der Waals surface area contributed by atoms with Crippen molar-refractivity contribution in [3.63, 3.8) is 0 Å². The monoisotopic (exact) mass is 378 g/mol. The first-order valence-electron chi connectivity index (χ1n) is 8.02. The minimum absolute atomic E-state index is 0.117. The average molecular weight is 379 g/mol. The third kappa shape index (κ3) is 4.64. The maximum absolute atomic E-state index is 12.5. The van der Waals surface area contributed by atoms with Gasteiger partial charge in [0.15, 0.2) is 0 Å². The van der Waals surface area contributed by atoms with Crippen LogP contribution in [0.1, 0.15) is 46.2 Å². The highest BCUT2D eigenvalue weighted by Gasteiger charge is 2.22. The Morgan fingerprint density at radius 1 is 1.19 bits per heavy atom. The van der Waals surface area contributed by atoms with Gasteiger partial charge in [-0.25, -0.2) is 4.79 Å². The van der Waals surface area contributed by atoms with Gasteiger partial charge in [-0.3, -0.25) is 9.59 Å². The highest BCUT2D eigenvalue weighted by atomic mass is 35.5. The molecule has 0 fully saturated rings. The number of halogens is 1. The molecule has 0 spiro atoms. The third-order valence-electron chi connectivity index (χ3n) is 3.76. The van der Waals surface area contributed by atoms with Gasteiger partial charge in [0, 0.05) is 5.02 Å². The van der Waals surface area contributed by atoms with Crippen LogP contribution < -0.4 is 10.6 Å². The second-order valence-corrected chi connectivity index (χ2v) is 6.12. The number of furan rings is 1. The number of aryl methyl sites for hydroxylation is 1. The number of aliphatic carboxylic acids is 1. The van der Waals surface area contributed by atoms with Crippen molar-refractivity contribution in [3.8, 4) is 0 Å². The standard InChI is InChI=1S/C18H19ClN2O5/c1-3-4-14(18(24)25)20-17(23)13-6-5-11(19)9-15(13)21-16(22)12-7-8-26-10(12)2/h5-9,14H,3-4H2,1-2H3,(H,20,23)(H,21,22)(H,24,25). The van der Waals surface area contributed by atoms with Gasteiger partial charge in [0.25, 0.3) is 11.8 Å². The Bertz CT molecular complexity index is 831. The molecule has 2 amide bonds. The number of carbonyl (C=O) groups is 3. The van der Waals surface area contributed by atoms with Gasteiger partial charge in [-0.1, -0.05) is 24.9 Å². The van der Waals surface area contributed by atoms with E-state index in [1.165, 1.54) is 30.5 Å².